The van der Waals surface area contributed by atoms with Gasteiger partial charge in [0.2, 0.25) is 5.78 Å². The lowest BCUT2D eigenvalue weighted by Crippen LogP contribution is -2.37. The molecular weight excluding hydrogens is 482 g/mol. The molecule has 3 aromatic heterocycles. The van der Waals surface area contributed by atoms with Crippen LogP contribution in [0.5, 0.6) is 0 Å². The molecule has 9 heteroatoms. The standard InChI is InChI=1S/C22H17BrClN5O2/c1-12-4-9-15(10-16(12)23)29-17(13-5-7-14(24)8-6-13)11-28-18-19(25-21(28)29)26(2)22(31)27(3)20(18)30/h4-11H,1-3H3. The number of rotatable bonds is 2. The fraction of sp³-hybridized carbons (Fsp3) is 0.136. The first-order valence-corrected chi connectivity index (χ1v) is 10.7. The summed E-state index contributed by atoms with van der Waals surface area (Å²) in [5, 5.41) is 0.638. The number of aromatic nitrogens is 5. The van der Waals surface area contributed by atoms with Crippen LogP contribution in [0.15, 0.2) is 62.7 Å². The van der Waals surface area contributed by atoms with Crippen LogP contribution in [0.2, 0.25) is 5.02 Å². The molecular formula is C22H17BrClN5O2. The predicted molar refractivity (Wildman–Crippen MR) is 125 cm³/mol. The SMILES string of the molecule is Cc1ccc(-n2c(-c3ccc(Cl)cc3)cn3c4c(=O)n(C)c(=O)n(C)c4nc23)cc1Br. The summed E-state index contributed by atoms with van der Waals surface area (Å²) in [5.41, 5.74) is 3.61. The molecule has 0 unspecified atom stereocenters. The van der Waals surface area contributed by atoms with Gasteiger partial charge < -0.3 is 0 Å². The van der Waals surface area contributed by atoms with E-state index < -0.39 is 11.2 Å². The Kier molecular flexibility index (Phi) is 4.46. The molecule has 3 heterocycles. The third-order valence-corrected chi connectivity index (χ3v) is 6.63. The Morgan fingerprint density at radius 2 is 1.71 bits per heavy atom. The number of hydrogen-bond donors (Lipinski definition) is 0. The zero-order chi connectivity index (χ0) is 22.0. The maximum Gasteiger partial charge on any atom is 0.332 e. The molecule has 0 saturated carbocycles. The van der Waals surface area contributed by atoms with Crippen LogP contribution in [-0.2, 0) is 14.1 Å². The second-order valence-electron chi connectivity index (χ2n) is 7.45. The van der Waals surface area contributed by atoms with Gasteiger partial charge in [0.15, 0.2) is 11.2 Å². The first-order chi connectivity index (χ1) is 14.8. The minimum absolute atomic E-state index is 0.339. The lowest BCUT2D eigenvalue weighted by Gasteiger charge is -2.11. The van der Waals surface area contributed by atoms with Crippen LogP contribution in [0.3, 0.4) is 0 Å². The van der Waals surface area contributed by atoms with Gasteiger partial charge in [0.1, 0.15) is 0 Å². The quantitative estimate of drug-likeness (QED) is 0.369. The molecule has 0 radical (unpaired) electrons. The number of halogens is 2. The number of benzene rings is 2. The van der Waals surface area contributed by atoms with Gasteiger partial charge in [-0.1, -0.05) is 45.7 Å². The summed E-state index contributed by atoms with van der Waals surface area (Å²) in [6.45, 7) is 2.02. The van der Waals surface area contributed by atoms with Crippen molar-refractivity contribution in [2.75, 3.05) is 0 Å². The van der Waals surface area contributed by atoms with E-state index in [0.29, 0.717) is 22.0 Å². The molecule has 0 bridgehead atoms. The topological polar surface area (TPSA) is 66.2 Å². The van der Waals surface area contributed by atoms with E-state index in [4.69, 9.17) is 16.6 Å². The molecule has 2 aromatic carbocycles. The van der Waals surface area contributed by atoms with Crippen LogP contribution < -0.4 is 11.2 Å². The second kappa shape index (κ2) is 6.96. The van der Waals surface area contributed by atoms with E-state index in [2.05, 4.69) is 15.9 Å². The van der Waals surface area contributed by atoms with Crippen molar-refractivity contribution in [1.82, 2.24) is 23.1 Å². The molecule has 0 N–H and O–H groups in total. The van der Waals surface area contributed by atoms with Gasteiger partial charge >= 0.3 is 5.69 Å². The molecule has 0 amide bonds. The first-order valence-electron chi connectivity index (χ1n) is 9.50. The zero-order valence-corrected chi connectivity index (χ0v) is 19.3. The Bertz CT molecular complexity index is 1620. The third-order valence-electron chi connectivity index (χ3n) is 5.52. The van der Waals surface area contributed by atoms with Crippen LogP contribution in [0.1, 0.15) is 5.56 Å². The van der Waals surface area contributed by atoms with Crippen molar-refractivity contribution in [2.45, 2.75) is 6.92 Å². The third kappa shape index (κ3) is 2.90. The van der Waals surface area contributed by atoms with Crippen molar-refractivity contribution in [3.05, 3.63) is 84.6 Å². The first kappa shape index (κ1) is 19.8. The predicted octanol–water partition coefficient (Wildman–Crippen LogP) is 4.07. The van der Waals surface area contributed by atoms with Gasteiger partial charge in [0.05, 0.1) is 11.4 Å². The number of nitrogens with zero attached hydrogens (tertiary/aromatic N) is 5. The smallest absolute Gasteiger partial charge is 0.279 e. The van der Waals surface area contributed by atoms with Crippen molar-refractivity contribution >= 4 is 44.5 Å². The average molecular weight is 499 g/mol. The lowest BCUT2D eigenvalue weighted by molar-refractivity contribution is 0.708. The van der Waals surface area contributed by atoms with E-state index in [1.165, 1.54) is 11.6 Å². The van der Waals surface area contributed by atoms with Gasteiger partial charge in [-0.2, -0.15) is 4.98 Å². The molecule has 0 spiro atoms. The van der Waals surface area contributed by atoms with Crippen molar-refractivity contribution in [3.63, 3.8) is 0 Å². The maximum absolute atomic E-state index is 13.0. The van der Waals surface area contributed by atoms with E-state index in [0.717, 1.165) is 31.5 Å². The molecule has 0 fully saturated rings. The summed E-state index contributed by atoms with van der Waals surface area (Å²) < 4.78 is 7.16. The van der Waals surface area contributed by atoms with Gasteiger partial charge in [-0.15, -0.1) is 0 Å². The molecule has 0 atom stereocenters. The Balaban J connectivity index is 1.96. The Hall–Kier alpha value is -3.10. The van der Waals surface area contributed by atoms with E-state index >= 15 is 0 Å². The lowest BCUT2D eigenvalue weighted by atomic mass is 10.1. The van der Waals surface area contributed by atoms with Crippen molar-refractivity contribution in [1.29, 1.82) is 0 Å². The van der Waals surface area contributed by atoms with Crippen molar-refractivity contribution in [2.24, 2.45) is 14.1 Å². The molecule has 7 nitrogen and oxygen atoms in total. The van der Waals surface area contributed by atoms with Gasteiger partial charge in [-0.05, 0) is 36.8 Å². The largest absolute Gasteiger partial charge is 0.332 e. The summed E-state index contributed by atoms with van der Waals surface area (Å²) in [6.07, 6.45) is 1.87. The van der Waals surface area contributed by atoms with Crippen LogP contribution >= 0.6 is 27.5 Å². The van der Waals surface area contributed by atoms with Gasteiger partial charge in [-0.25, -0.2) is 4.79 Å². The van der Waals surface area contributed by atoms with Crippen LogP contribution in [0, 0.1) is 6.92 Å². The van der Waals surface area contributed by atoms with E-state index in [1.54, 1.807) is 11.4 Å². The fourth-order valence-corrected chi connectivity index (χ4v) is 4.26. The monoisotopic (exact) mass is 497 g/mol. The normalized spacial score (nSPS) is 11.6. The van der Waals surface area contributed by atoms with Crippen LogP contribution in [0.25, 0.3) is 33.9 Å². The Labute approximate surface area is 189 Å². The number of imidazole rings is 2. The average Bonchev–Trinajstić information content (AvgIpc) is 3.29. The summed E-state index contributed by atoms with van der Waals surface area (Å²) in [6, 6.07) is 13.5. The number of aryl methyl sites for hydroxylation is 2. The molecule has 0 aliphatic rings. The van der Waals surface area contributed by atoms with E-state index in [-0.39, 0.29) is 0 Å². The molecule has 156 valence electrons. The minimum atomic E-state index is -0.416. The highest BCUT2D eigenvalue weighted by Crippen LogP contribution is 2.31. The molecule has 0 aliphatic heterocycles. The summed E-state index contributed by atoms with van der Waals surface area (Å²) in [5.74, 6) is 0.536. The van der Waals surface area contributed by atoms with Crippen LogP contribution in [0.4, 0.5) is 0 Å². The van der Waals surface area contributed by atoms with Gasteiger partial charge in [0.25, 0.3) is 5.56 Å². The van der Waals surface area contributed by atoms with Crippen molar-refractivity contribution in [3.8, 4) is 16.9 Å². The maximum atomic E-state index is 13.0. The summed E-state index contributed by atoms with van der Waals surface area (Å²) in [7, 11) is 3.08. The second-order valence-corrected chi connectivity index (χ2v) is 8.74. The van der Waals surface area contributed by atoms with E-state index in [9.17, 15) is 9.59 Å². The molecule has 5 rings (SSSR count). The highest BCUT2D eigenvalue weighted by atomic mass is 79.9. The highest BCUT2D eigenvalue weighted by molar-refractivity contribution is 9.10. The van der Waals surface area contributed by atoms with E-state index in [1.807, 2.05) is 60.2 Å². The molecule has 0 saturated heterocycles. The number of hydrogen-bond acceptors (Lipinski definition) is 3. The summed E-state index contributed by atoms with van der Waals surface area (Å²) in [4.78, 5) is 30.1. The Morgan fingerprint density at radius 3 is 2.39 bits per heavy atom. The highest BCUT2D eigenvalue weighted by Gasteiger charge is 2.22. The molecule has 31 heavy (non-hydrogen) atoms. The zero-order valence-electron chi connectivity index (χ0n) is 16.9. The Morgan fingerprint density at radius 1 is 1.00 bits per heavy atom. The fourth-order valence-electron chi connectivity index (χ4n) is 3.77. The van der Waals surface area contributed by atoms with Gasteiger partial charge in [0, 0.05) is 35.4 Å². The van der Waals surface area contributed by atoms with Crippen molar-refractivity contribution < 1.29 is 0 Å². The minimum Gasteiger partial charge on any atom is -0.279 e. The van der Waals surface area contributed by atoms with Crippen LogP contribution in [-0.4, -0.2) is 23.1 Å². The molecule has 5 aromatic rings. The summed E-state index contributed by atoms with van der Waals surface area (Å²) >= 11 is 9.70. The van der Waals surface area contributed by atoms with Gasteiger partial charge in [-0.3, -0.25) is 22.9 Å². The molecule has 0 aliphatic carbocycles. The number of fused-ring (bicyclic) bond motifs is 3.